The zero-order chi connectivity index (χ0) is 25.3. The molecule has 1 aromatic rings. The third kappa shape index (κ3) is 4.48. The minimum absolute atomic E-state index is 0.129. The highest BCUT2D eigenvalue weighted by molar-refractivity contribution is 6.45. The van der Waals surface area contributed by atoms with Gasteiger partial charge in [-0.3, -0.25) is 38.5 Å². The number of nitrogens with two attached hydrogens (primary N) is 1. The van der Waals surface area contributed by atoms with Crippen molar-refractivity contribution in [1.29, 1.82) is 0 Å². The molecule has 0 atom stereocenters. The second-order valence-corrected chi connectivity index (χ2v) is 9.49. The topological polar surface area (TPSA) is 159 Å². The number of unbranched alkanes of at least 4 members (excludes halogenated alkanes) is 1. The van der Waals surface area contributed by atoms with Gasteiger partial charge in [-0.1, -0.05) is 39.0 Å². The van der Waals surface area contributed by atoms with Crippen LogP contribution in [0.5, 0.6) is 0 Å². The van der Waals surface area contributed by atoms with Gasteiger partial charge in [0.25, 0.3) is 5.56 Å². The van der Waals surface area contributed by atoms with Crippen LogP contribution in [0.15, 0.2) is 9.59 Å². The smallest absolute Gasteiger partial charge is 0.334 e. The van der Waals surface area contributed by atoms with E-state index < -0.39 is 41.5 Å². The summed E-state index contributed by atoms with van der Waals surface area (Å²) in [5, 5.41) is 0. The Kier molecular flexibility index (Phi) is 7.08. The number of H-pyrrole nitrogens is 1. The highest BCUT2D eigenvalue weighted by Crippen LogP contribution is 2.31. The average Bonchev–Trinajstić information content (AvgIpc) is 3.57. The number of amides is 5. The van der Waals surface area contributed by atoms with Crippen LogP contribution in [0.25, 0.3) is 0 Å². The number of anilines is 2. The Labute approximate surface area is 202 Å². The summed E-state index contributed by atoms with van der Waals surface area (Å²) in [5.74, 6) is -2.79. The van der Waals surface area contributed by atoms with Crippen molar-refractivity contribution < 1.29 is 19.2 Å². The second-order valence-electron chi connectivity index (χ2n) is 9.49. The summed E-state index contributed by atoms with van der Waals surface area (Å²) >= 11 is 0. The minimum Gasteiger partial charge on any atom is -0.383 e. The van der Waals surface area contributed by atoms with Gasteiger partial charge < -0.3 is 5.73 Å². The number of hydrogen-bond donors (Lipinski definition) is 2. The van der Waals surface area contributed by atoms with Crippen molar-refractivity contribution in [1.82, 2.24) is 19.4 Å². The molecule has 5 amide bonds. The molecule has 190 valence electrons. The summed E-state index contributed by atoms with van der Waals surface area (Å²) < 4.78 is 1.23. The van der Waals surface area contributed by atoms with Crippen LogP contribution in [0.1, 0.15) is 71.1 Å². The molecular weight excluding hydrogens is 456 g/mol. The van der Waals surface area contributed by atoms with Crippen LogP contribution in [-0.2, 0) is 20.9 Å². The van der Waals surface area contributed by atoms with Crippen LogP contribution in [0.2, 0.25) is 0 Å². The molecular formula is C23H32N6O6. The Morgan fingerprint density at radius 1 is 1.00 bits per heavy atom. The summed E-state index contributed by atoms with van der Waals surface area (Å²) in [6.07, 6.45) is 7.28. The summed E-state index contributed by atoms with van der Waals surface area (Å²) in [4.78, 5) is 82.1. The summed E-state index contributed by atoms with van der Waals surface area (Å²) in [6.45, 7) is 1.53. The van der Waals surface area contributed by atoms with Crippen molar-refractivity contribution in [2.45, 2.75) is 89.8 Å². The van der Waals surface area contributed by atoms with Gasteiger partial charge in [0.1, 0.15) is 12.4 Å². The fourth-order valence-corrected chi connectivity index (χ4v) is 5.38. The van der Waals surface area contributed by atoms with Crippen LogP contribution in [-0.4, -0.2) is 61.7 Å². The van der Waals surface area contributed by atoms with E-state index in [9.17, 15) is 28.8 Å². The number of nitrogens with one attached hydrogen (secondary N) is 1. The highest BCUT2D eigenvalue weighted by Gasteiger charge is 2.49. The van der Waals surface area contributed by atoms with E-state index >= 15 is 0 Å². The Hall–Kier alpha value is -3.44. The standard InChI is InChI=1S/C23H32N6O6/c1-2-3-12-26-18(24)17(19(31)25-22(26)34)28(14-8-4-5-9-14)16(30)13-27-20(32)21(33)29(23(27)35)15-10-6-7-11-15/h14-15H,2-13,24H2,1H3,(H,25,31,34). The lowest BCUT2D eigenvalue weighted by atomic mass is 10.1. The predicted octanol–water partition coefficient (Wildman–Crippen LogP) is 0.928. The van der Waals surface area contributed by atoms with Gasteiger partial charge in [0, 0.05) is 18.6 Å². The maximum atomic E-state index is 13.6. The molecule has 1 aliphatic heterocycles. The molecule has 35 heavy (non-hydrogen) atoms. The lowest BCUT2D eigenvalue weighted by molar-refractivity contribution is -0.144. The first kappa shape index (κ1) is 24.7. The van der Waals surface area contributed by atoms with E-state index in [4.69, 9.17) is 5.73 Å². The number of aromatic nitrogens is 2. The van der Waals surface area contributed by atoms with Crippen molar-refractivity contribution in [3.8, 4) is 0 Å². The molecule has 3 N–H and O–H groups in total. The Bertz CT molecular complexity index is 1140. The highest BCUT2D eigenvalue weighted by atomic mass is 16.2. The first-order valence-corrected chi connectivity index (χ1v) is 12.4. The van der Waals surface area contributed by atoms with Gasteiger partial charge in [0.15, 0.2) is 5.69 Å². The number of rotatable bonds is 8. The van der Waals surface area contributed by atoms with E-state index in [0.717, 1.165) is 37.0 Å². The van der Waals surface area contributed by atoms with Crippen molar-refractivity contribution >= 4 is 35.3 Å². The quantitative estimate of drug-likeness (QED) is 0.407. The van der Waals surface area contributed by atoms with E-state index in [2.05, 4.69) is 4.98 Å². The minimum atomic E-state index is -1.04. The zero-order valence-electron chi connectivity index (χ0n) is 20.0. The molecule has 0 radical (unpaired) electrons. The maximum Gasteiger partial charge on any atom is 0.334 e. The molecule has 12 nitrogen and oxygen atoms in total. The lowest BCUT2D eigenvalue weighted by Gasteiger charge is -2.31. The number of carbonyl (C=O) groups excluding carboxylic acids is 4. The van der Waals surface area contributed by atoms with E-state index in [1.54, 1.807) is 0 Å². The Morgan fingerprint density at radius 2 is 1.63 bits per heavy atom. The molecule has 1 aromatic heterocycles. The van der Waals surface area contributed by atoms with Gasteiger partial charge >= 0.3 is 23.5 Å². The SMILES string of the molecule is CCCCn1c(N)c(N(C(=O)CN2C(=O)C(=O)N(C3CCCC3)C2=O)C2CCCC2)c(=O)[nH]c1=O. The molecule has 3 aliphatic rings. The summed E-state index contributed by atoms with van der Waals surface area (Å²) in [7, 11) is 0. The normalized spacial score (nSPS) is 19.4. The monoisotopic (exact) mass is 488 g/mol. The van der Waals surface area contributed by atoms with Crippen molar-refractivity contribution in [2.75, 3.05) is 17.2 Å². The third-order valence-electron chi connectivity index (χ3n) is 7.22. The molecule has 2 heterocycles. The van der Waals surface area contributed by atoms with Crippen LogP contribution in [0, 0.1) is 0 Å². The molecule has 12 heteroatoms. The summed E-state index contributed by atoms with van der Waals surface area (Å²) in [6, 6.07) is -1.52. The van der Waals surface area contributed by atoms with Gasteiger partial charge in [-0.05, 0) is 32.1 Å². The first-order valence-electron chi connectivity index (χ1n) is 12.4. The molecule has 0 unspecified atom stereocenters. The van der Waals surface area contributed by atoms with Gasteiger partial charge in [0.2, 0.25) is 5.91 Å². The Morgan fingerprint density at radius 3 is 2.26 bits per heavy atom. The number of urea groups is 1. The van der Waals surface area contributed by atoms with Crippen molar-refractivity contribution in [3.63, 3.8) is 0 Å². The van der Waals surface area contributed by atoms with E-state index in [-0.39, 0.29) is 30.1 Å². The van der Waals surface area contributed by atoms with Gasteiger partial charge in [-0.25, -0.2) is 14.5 Å². The van der Waals surface area contributed by atoms with E-state index in [1.165, 1.54) is 9.47 Å². The number of imide groups is 2. The molecule has 2 aliphatic carbocycles. The molecule has 1 saturated heterocycles. The predicted molar refractivity (Wildman–Crippen MR) is 127 cm³/mol. The van der Waals surface area contributed by atoms with Gasteiger partial charge in [-0.15, -0.1) is 0 Å². The van der Waals surface area contributed by atoms with Crippen LogP contribution < -0.4 is 21.9 Å². The lowest BCUT2D eigenvalue weighted by Crippen LogP contribution is -2.50. The molecule has 4 rings (SSSR count). The van der Waals surface area contributed by atoms with Crippen LogP contribution in [0.4, 0.5) is 16.3 Å². The first-order chi connectivity index (χ1) is 16.8. The number of aromatic amines is 1. The molecule has 0 bridgehead atoms. The van der Waals surface area contributed by atoms with Crippen molar-refractivity contribution in [2.24, 2.45) is 0 Å². The van der Waals surface area contributed by atoms with Crippen LogP contribution in [0.3, 0.4) is 0 Å². The fourth-order valence-electron chi connectivity index (χ4n) is 5.38. The number of nitrogens with zero attached hydrogens (tertiary/aromatic N) is 4. The second kappa shape index (κ2) is 10.0. The van der Waals surface area contributed by atoms with E-state index in [1.807, 2.05) is 6.92 Å². The maximum absolute atomic E-state index is 13.6. The molecule has 3 fully saturated rings. The zero-order valence-corrected chi connectivity index (χ0v) is 20.0. The van der Waals surface area contributed by atoms with E-state index in [0.29, 0.717) is 37.0 Å². The fraction of sp³-hybridized carbons (Fsp3) is 0.652. The molecule has 0 spiro atoms. The number of nitrogen functional groups attached to an aromatic ring is 1. The van der Waals surface area contributed by atoms with Gasteiger partial charge in [0.05, 0.1) is 0 Å². The Balaban J connectivity index is 1.67. The van der Waals surface area contributed by atoms with Gasteiger partial charge in [-0.2, -0.15) is 0 Å². The average molecular weight is 489 g/mol. The van der Waals surface area contributed by atoms with Crippen molar-refractivity contribution in [3.05, 3.63) is 20.8 Å². The number of hydrogen-bond acceptors (Lipinski definition) is 7. The third-order valence-corrected chi connectivity index (χ3v) is 7.22. The molecule has 2 saturated carbocycles. The van der Waals surface area contributed by atoms with Crippen LogP contribution >= 0.6 is 0 Å². The largest absolute Gasteiger partial charge is 0.383 e. The molecule has 0 aromatic carbocycles. The number of carbonyl (C=O) groups is 4. The summed E-state index contributed by atoms with van der Waals surface area (Å²) in [5.41, 5.74) is 4.64.